The monoisotopic (exact) mass is 533 g/mol. The number of aromatic amines is 1. The van der Waals surface area contributed by atoms with Gasteiger partial charge < -0.3 is 30.8 Å². The Labute approximate surface area is 214 Å². The summed E-state index contributed by atoms with van der Waals surface area (Å²) in [6.07, 6.45) is 0.426. The quantitative estimate of drug-likeness (QED) is 0.348. The molecular weight excluding hydrogens is 506 g/mol. The average Bonchev–Trinajstić information content (AvgIpc) is 3.52. The first kappa shape index (κ1) is 24.8. The first-order chi connectivity index (χ1) is 17.3. The second-order valence-electron chi connectivity index (χ2n) is 8.88. The minimum absolute atomic E-state index is 0.0689. The molecule has 0 radical (unpaired) electrons. The van der Waals surface area contributed by atoms with Crippen LogP contribution in [0.2, 0.25) is 5.02 Å². The molecule has 2 unspecified atom stereocenters. The zero-order valence-corrected chi connectivity index (χ0v) is 21.1. The van der Waals surface area contributed by atoms with E-state index in [9.17, 15) is 13.2 Å². The van der Waals surface area contributed by atoms with Gasteiger partial charge in [-0.25, -0.2) is 8.42 Å². The van der Waals surface area contributed by atoms with Crippen molar-refractivity contribution in [2.24, 2.45) is 5.73 Å². The number of nitrogens with two attached hydrogens (primary N) is 1. The molecular formula is C24H28ClN5O5S. The summed E-state index contributed by atoms with van der Waals surface area (Å²) in [5.41, 5.74) is 6.54. The Morgan fingerprint density at radius 3 is 2.81 bits per heavy atom. The Bertz CT molecular complexity index is 1360. The van der Waals surface area contributed by atoms with E-state index in [1.54, 1.807) is 12.1 Å². The average molecular weight is 534 g/mol. The van der Waals surface area contributed by atoms with E-state index in [1.807, 2.05) is 30.3 Å². The van der Waals surface area contributed by atoms with Crippen molar-refractivity contribution in [3.63, 3.8) is 0 Å². The molecule has 2 fully saturated rings. The highest BCUT2D eigenvalue weighted by Gasteiger charge is 2.36. The van der Waals surface area contributed by atoms with E-state index >= 15 is 0 Å². The molecule has 0 saturated carbocycles. The van der Waals surface area contributed by atoms with E-state index in [0.29, 0.717) is 27.4 Å². The van der Waals surface area contributed by atoms with E-state index in [1.165, 1.54) is 4.31 Å². The van der Waals surface area contributed by atoms with E-state index in [-0.39, 0.29) is 42.9 Å². The van der Waals surface area contributed by atoms with Crippen molar-refractivity contribution < 1.29 is 22.7 Å². The maximum Gasteiger partial charge on any atom is 0.266 e. The van der Waals surface area contributed by atoms with Crippen LogP contribution in [0.25, 0.3) is 10.9 Å². The molecule has 2 aliphatic rings. The number of benzene rings is 2. The number of hydrogen-bond donors (Lipinski definition) is 4. The lowest BCUT2D eigenvalue weighted by Gasteiger charge is -2.32. The number of anilines is 1. The maximum absolute atomic E-state index is 13.9. The lowest BCUT2D eigenvalue weighted by Crippen LogP contribution is -2.47. The molecule has 192 valence electrons. The first-order valence-electron chi connectivity index (χ1n) is 11.7. The van der Waals surface area contributed by atoms with Crippen LogP contribution in [0.15, 0.2) is 47.4 Å². The van der Waals surface area contributed by atoms with Gasteiger partial charge in [-0.15, -0.1) is 0 Å². The lowest BCUT2D eigenvalue weighted by atomic mass is 10.2. The highest BCUT2D eigenvalue weighted by atomic mass is 35.5. The van der Waals surface area contributed by atoms with Crippen LogP contribution in [0.1, 0.15) is 16.9 Å². The normalized spacial score (nSPS) is 21.0. The molecule has 2 saturated heterocycles. The van der Waals surface area contributed by atoms with Crippen LogP contribution >= 0.6 is 11.6 Å². The number of fused-ring (bicyclic) bond motifs is 1. The minimum Gasteiger partial charge on any atom is -0.491 e. The van der Waals surface area contributed by atoms with Crippen LogP contribution in [-0.2, 0) is 14.8 Å². The second-order valence-corrected chi connectivity index (χ2v) is 11.2. The number of ether oxygens (including phenoxy) is 2. The van der Waals surface area contributed by atoms with Gasteiger partial charge in [0.1, 0.15) is 29.0 Å². The molecule has 5 rings (SSSR count). The van der Waals surface area contributed by atoms with Crippen molar-refractivity contribution >= 4 is 44.1 Å². The molecule has 5 N–H and O–H groups in total. The number of para-hydroxylation sites is 1. The summed E-state index contributed by atoms with van der Waals surface area (Å²) in [7, 11) is -4.13. The van der Waals surface area contributed by atoms with Crippen molar-refractivity contribution in [2.45, 2.75) is 23.5 Å². The summed E-state index contributed by atoms with van der Waals surface area (Å²) in [6, 6.07) is 12.6. The van der Waals surface area contributed by atoms with Crippen LogP contribution in [0.5, 0.6) is 5.75 Å². The highest BCUT2D eigenvalue weighted by Crippen LogP contribution is 2.37. The van der Waals surface area contributed by atoms with Crippen LogP contribution in [-0.4, -0.2) is 75.2 Å². The van der Waals surface area contributed by atoms with E-state index in [2.05, 4.69) is 15.6 Å². The standard InChI is InChI=1S/C24H28ClN5O5S/c25-15-10-19-21(20(11-15)28-16-6-7-27-12-16)29-22(24(26)31)23(19)36(32,33)30-8-9-34-18(13-30)14-35-17-4-2-1-3-5-17/h1-5,10-11,16,18,27-29H,6-9,12-14H2,(H2,26,31). The van der Waals surface area contributed by atoms with Crippen molar-refractivity contribution in [3.05, 3.63) is 53.2 Å². The number of H-pyrrole nitrogens is 1. The van der Waals surface area contributed by atoms with E-state index in [0.717, 1.165) is 19.5 Å². The van der Waals surface area contributed by atoms with Crippen LogP contribution < -0.4 is 21.1 Å². The third kappa shape index (κ3) is 5.02. The number of amides is 1. The van der Waals surface area contributed by atoms with Crippen LogP contribution in [0.3, 0.4) is 0 Å². The van der Waals surface area contributed by atoms with Gasteiger partial charge in [0, 0.05) is 36.1 Å². The fraction of sp³-hybridized carbons (Fsp3) is 0.375. The Morgan fingerprint density at radius 2 is 2.08 bits per heavy atom. The molecule has 0 aliphatic carbocycles. The molecule has 1 amide bonds. The van der Waals surface area contributed by atoms with Gasteiger partial charge in [0.15, 0.2) is 0 Å². The number of morpholine rings is 1. The van der Waals surface area contributed by atoms with Gasteiger partial charge in [-0.2, -0.15) is 4.31 Å². The van der Waals surface area contributed by atoms with Crippen LogP contribution in [0.4, 0.5) is 5.69 Å². The molecule has 12 heteroatoms. The van der Waals surface area contributed by atoms with Crippen molar-refractivity contribution in [1.29, 1.82) is 0 Å². The molecule has 36 heavy (non-hydrogen) atoms. The number of rotatable bonds is 8. The summed E-state index contributed by atoms with van der Waals surface area (Å²) >= 11 is 6.40. The van der Waals surface area contributed by atoms with E-state index in [4.69, 9.17) is 26.8 Å². The second kappa shape index (κ2) is 10.3. The Balaban J connectivity index is 1.47. The number of nitrogens with zero attached hydrogens (tertiary/aromatic N) is 1. The summed E-state index contributed by atoms with van der Waals surface area (Å²) in [6.45, 7) is 2.22. The minimum atomic E-state index is -4.13. The van der Waals surface area contributed by atoms with Crippen molar-refractivity contribution in [3.8, 4) is 5.75 Å². The molecule has 3 heterocycles. The highest BCUT2D eigenvalue weighted by molar-refractivity contribution is 7.89. The molecule has 2 aromatic carbocycles. The summed E-state index contributed by atoms with van der Waals surface area (Å²) < 4.78 is 40.6. The van der Waals surface area contributed by atoms with Gasteiger partial charge in [-0.1, -0.05) is 29.8 Å². The predicted molar refractivity (Wildman–Crippen MR) is 137 cm³/mol. The third-order valence-corrected chi connectivity index (χ3v) is 8.54. The van der Waals surface area contributed by atoms with Crippen LogP contribution in [0, 0.1) is 0 Å². The summed E-state index contributed by atoms with van der Waals surface area (Å²) in [4.78, 5) is 15.2. The summed E-state index contributed by atoms with van der Waals surface area (Å²) in [5.74, 6) is -0.201. The molecule has 2 atom stereocenters. The van der Waals surface area contributed by atoms with Gasteiger partial charge in [0.05, 0.1) is 17.8 Å². The smallest absolute Gasteiger partial charge is 0.266 e. The molecule has 3 aromatic rings. The number of carbonyl (C=O) groups excluding carboxylic acids is 1. The van der Waals surface area contributed by atoms with Gasteiger partial charge in [0.25, 0.3) is 5.91 Å². The Morgan fingerprint density at radius 1 is 1.28 bits per heavy atom. The first-order valence-corrected chi connectivity index (χ1v) is 13.6. The fourth-order valence-corrected chi connectivity index (χ4v) is 6.64. The molecule has 1 aromatic heterocycles. The Kier molecular flexibility index (Phi) is 7.09. The number of hydrogen-bond acceptors (Lipinski definition) is 7. The zero-order chi connectivity index (χ0) is 25.3. The van der Waals surface area contributed by atoms with Gasteiger partial charge in [0.2, 0.25) is 10.0 Å². The molecule has 0 bridgehead atoms. The molecule has 2 aliphatic heterocycles. The van der Waals surface area contributed by atoms with E-state index < -0.39 is 22.0 Å². The van der Waals surface area contributed by atoms with Gasteiger partial charge in [-0.05, 0) is 37.2 Å². The summed E-state index contributed by atoms with van der Waals surface area (Å²) in [5, 5.41) is 7.34. The largest absolute Gasteiger partial charge is 0.491 e. The number of carbonyl (C=O) groups is 1. The Hall–Kier alpha value is -2.83. The zero-order valence-electron chi connectivity index (χ0n) is 19.5. The number of aromatic nitrogens is 1. The number of primary amides is 1. The topological polar surface area (TPSA) is 139 Å². The maximum atomic E-state index is 13.9. The number of nitrogens with one attached hydrogen (secondary N) is 3. The van der Waals surface area contributed by atoms with Gasteiger partial charge in [-0.3, -0.25) is 4.79 Å². The van der Waals surface area contributed by atoms with Crippen molar-refractivity contribution in [1.82, 2.24) is 14.6 Å². The lowest BCUT2D eigenvalue weighted by molar-refractivity contribution is -0.0249. The third-order valence-electron chi connectivity index (χ3n) is 6.37. The molecule has 10 nitrogen and oxygen atoms in total. The SMILES string of the molecule is NC(=O)c1[nH]c2c(NC3CCNC3)cc(Cl)cc2c1S(=O)(=O)N1CCOC(COc2ccccc2)C1. The number of halogens is 1. The van der Waals surface area contributed by atoms with Gasteiger partial charge >= 0.3 is 0 Å². The fourth-order valence-electron chi connectivity index (χ4n) is 4.64. The van der Waals surface area contributed by atoms with Crippen molar-refractivity contribution in [2.75, 3.05) is 44.7 Å². The number of sulfonamides is 1. The predicted octanol–water partition coefficient (Wildman–Crippen LogP) is 2.16. The molecule has 0 spiro atoms.